The monoisotopic (exact) mass is 683 g/mol. The number of Topliss-reactive ketones (excluding diaryl/α,β-unsaturated/α-hetero) is 1. The fourth-order valence-electron chi connectivity index (χ4n) is 6.36. The summed E-state index contributed by atoms with van der Waals surface area (Å²) in [5.41, 5.74) is 4.61. The van der Waals surface area contributed by atoms with E-state index in [0.717, 1.165) is 24.8 Å². The fraction of sp³-hybridized carbons (Fsp3) is 0.676. The van der Waals surface area contributed by atoms with Crippen LogP contribution in [-0.4, -0.2) is 71.1 Å². The van der Waals surface area contributed by atoms with E-state index in [1.807, 2.05) is 44.2 Å². The molecule has 0 bridgehead atoms. The molecular formula is C37H57N5O7. The third-order valence-electron chi connectivity index (χ3n) is 9.86. The third kappa shape index (κ3) is 10.5. The number of rotatable bonds is 13. The zero-order valence-electron chi connectivity index (χ0n) is 30.6. The Balaban J connectivity index is 1.81. The van der Waals surface area contributed by atoms with E-state index in [-0.39, 0.29) is 24.3 Å². The number of nitrogens with one attached hydrogen (secondary N) is 3. The van der Waals surface area contributed by atoms with Gasteiger partial charge in [0, 0.05) is 6.54 Å². The third-order valence-corrected chi connectivity index (χ3v) is 9.86. The molecule has 1 aliphatic heterocycles. The number of nitrogens with zero attached hydrogens (tertiary/aromatic N) is 1. The van der Waals surface area contributed by atoms with E-state index in [4.69, 9.17) is 10.5 Å². The van der Waals surface area contributed by atoms with E-state index in [2.05, 4.69) is 16.0 Å². The topological polar surface area (TPSA) is 177 Å². The number of esters is 1. The second-order valence-electron chi connectivity index (χ2n) is 16.3. The lowest BCUT2D eigenvalue weighted by Gasteiger charge is -2.37. The molecule has 2 aliphatic rings. The summed E-state index contributed by atoms with van der Waals surface area (Å²) in [6, 6.07) is 4.44. The van der Waals surface area contributed by atoms with Crippen LogP contribution in [0.4, 0.5) is 4.79 Å². The number of ketones is 1. The van der Waals surface area contributed by atoms with Crippen molar-refractivity contribution in [2.75, 3.05) is 6.54 Å². The van der Waals surface area contributed by atoms with Crippen molar-refractivity contribution in [3.8, 4) is 0 Å². The number of primary amides is 1. The van der Waals surface area contributed by atoms with Crippen molar-refractivity contribution in [1.82, 2.24) is 20.9 Å². The first-order chi connectivity index (χ1) is 22.7. The summed E-state index contributed by atoms with van der Waals surface area (Å²) in [5, 5.41) is 8.29. The standard InChI is InChI=1S/C37H57N5O7/c1-21(2)25-19-27(32(45)39-26(28(43)31(38)44)18-23-14-13-15-23)42(20-25)33(46)29(36(4,5)6)40-35(48)41-30(37(7,8)9)34(47)49-22(3)24-16-11-10-12-17-24/h10-12,16-17,21-23,25-27,29-30H,13-15,18-20H2,1-9H3,(H2,38,44)(H,39,45)(H2,40,41,48)/t22?,25-,26?,27?,29?,30?/m1/s1. The van der Waals surface area contributed by atoms with Crippen molar-refractivity contribution in [2.45, 2.75) is 125 Å². The Bertz CT molecular complexity index is 1360. The molecule has 1 saturated heterocycles. The van der Waals surface area contributed by atoms with E-state index in [9.17, 15) is 28.8 Å². The van der Waals surface area contributed by atoms with E-state index in [1.165, 1.54) is 4.90 Å². The molecule has 6 atom stereocenters. The summed E-state index contributed by atoms with van der Waals surface area (Å²) >= 11 is 0. The van der Waals surface area contributed by atoms with Gasteiger partial charge in [0.1, 0.15) is 24.2 Å². The average Bonchev–Trinajstić information content (AvgIpc) is 3.44. The fourth-order valence-corrected chi connectivity index (χ4v) is 6.36. The van der Waals surface area contributed by atoms with Crippen LogP contribution in [0.25, 0.3) is 0 Å². The lowest BCUT2D eigenvalue weighted by Crippen LogP contribution is -2.62. The Morgan fingerprint density at radius 1 is 0.878 bits per heavy atom. The van der Waals surface area contributed by atoms with Gasteiger partial charge in [-0.15, -0.1) is 0 Å². The number of carbonyl (C=O) groups is 6. The van der Waals surface area contributed by atoms with Gasteiger partial charge in [0.15, 0.2) is 0 Å². The number of amides is 5. The first kappa shape index (κ1) is 39.5. The summed E-state index contributed by atoms with van der Waals surface area (Å²) in [7, 11) is 0. The SMILES string of the molecule is CC(OC(=O)C(NC(=O)NC(C(=O)N1C[C@H](C(C)C)CC1C(=O)NC(CC1CCC1)C(=O)C(N)=O)C(C)(C)C)C(C)(C)C)c1ccccc1. The predicted molar refractivity (Wildman–Crippen MR) is 186 cm³/mol. The molecule has 12 nitrogen and oxygen atoms in total. The summed E-state index contributed by atoms with van der Waals surface area (Å²) in [5.74, 6) is -3.24. The minimum absolute atomic E-state index is 0.0160. The van der Waals surface area contributed by atoms with Crippen molar-refractivity contribution in [3.63, 3.8) is 0 Å². The van der Waals surface area contributed by atoms with Crippen molar-refractivity contribution in [3.05, 3.63) is 35.9 Å². The molecule has 1 aliphatic carbocycles. The van der Waals surface area contributed by atoms with Gasteiger partial charge in [0.05, 0.1) is 6.04 Å². The van der Waals surface area contributed by atoms with Crippen LogP contribution in [0.3, 0.4) is 0 Å². The molecule has 2 fully saturated rings. The Hall–Kier alpha value is -3.96. The Morgan fingerprint density at radius 3 is 1.94 bits per heavy atom. The maximum atomic E-state index is 14.4. The predicted octanol–water partition coefficient (Wildman–Crippen LogP) is 4.02. The van der Waals surface area contributed by atoms with Gasteiger partial charge in [-0.1, -0.05) is 105 Å². The molecule has 0 spiro atoms. The van der Waals surface area contributed by atoms with Crippen LogP contribution in [0.1, 0.15) is 106 Å². The number of urea groups is 1. The molecule has 1 saturated carbocycles. The highest BCUT2D eigenvalue weighted by atomic mass is 16.5. The molecule has 5 N–H and O–H groups in total. The molecule has 1 aromatic rings. The maximum absolute atomic E-state index is 14.4. The van der Waals surface area contributed by atoms with Gasteiger partial charge >= 0.3 is 12.0 Å². The highest BCUT2D eigenvalue weighted by Crippen LogP contribution is 2.34. The zero-order chi connectivity index (χ0) is 36.8. The van der Waals surface area contributed by atoms with Gasteiger partial charge in [-0.3, -0.25) is 19.2 Å². The van der Waals surface area contributed by atoms with Crippen LogP contribution in [0, 0.1) is 28.6 Å². The highest BCUT2D eigenvalue weighted by Gasteiger charge is 2.47. The van der Waals surface area contributed by atoms with Crippen molar-refractivity contribution in [2.24, 2.45) is 34.3 Å². The minimum Gasteiger partial charge on any atom is -0.456 e. The number of hydrogen-bond donors (Lipinski definition) is 4. The van der Waals surface area contributed by atoms with Crippen molar-refractivity contribution in [1.29, 1.82) is 0 Å². The van der Waals surface area contributed by atoms with Crippen LogP contribution >= 0.6 is 0 Å². The number of hydrogen-bond acceptors (Lipinski definition) is 7. The summed E-state index contributed by atoms with van der Waals surface area (Å²) in [6.07, 6.45) is 2.96. The van der Waals surface area contributed by atoms with Gasteiger partial charge in [-0.25, -0.2) is 9.59 Å². The second kappa shape index (κ2) is 16.2. The Morgan fingerprint density at radius 2 is 1.45 bits per heavy atom. The van der Waals surface area contributed by atoms with Crippen molar-refractivity contribution >= 4 is 35.5 Å². The van der Waals surface area contributed by atoms with Gasteiger partial charge in [0.25, 0.3) is 5.91 Å². The Kier molecular flexibility index (Phi) is 13.0. The molecule has 5 amide bonds. The molecular weight excluding hydrogens is 626 g/mol. The smallest absolute Gasteiger partial charge is 0.329 e. The summed E-state index contributed by atoms with van der Waals surface area (Å²) in [6.45, 7) is 16.9. The number of carbonyl (C=O) groups excluding carboxylic acids is 6. The van der Waals surface area contributed by atoms with Crippen LogP contribution in [0.15, 0.2) is 30.3 Å². The normalized spacial score (nSPS) is 20.7. The first-order valence-corrected chi connectivity index (χ1v) is 17.5. The lowest BCUT2D eigenvalue weighted by atomic mass is 9.80. The number of likely N-dealkylation sites (tertiary alicyclic amines) is 1. The van der Waals surface area contributed by atoms with Crippen LogP contribution in [0.5, 0.6) is 0 Å². The largest absolute Gasteiger partial charge is 0.456 e. The zero-order valence-corrected chi connectivity index (χ0v) is 30.6. The lowest BCUT2D eigenvalue weighted by molar-refractivity contribution is -0.153. The summed E-state index contributed by atoms with van der Waals surface area (Å²) < 4.78 is 5.75. The molecule has 49 heavy (non-hydrogen) atoms. The van der Waals surface area contributed by atoms with Crippen LogP contribution < -0.4 is 21.7 Å². The molecule has 0 radical (unpaired) electrons. The van der Waals surface area contributed by atoms with Gasteiger partial charge in [-0.05, 0) is 53.9 Å². The number of benzene rings is 1. The average molecular weight is 684 g/mol. The first-order valence-electron chi connectivity index (χ1n) is 17.5. The van der Waals surface area contributed by atoms with Crippen LogP contribution in [0.2, 0.25) is 0 Å². The van der Waals surface area contributed by atoms with Crippen molar-refractivity contribution < 1.29 is 33.5 Å². The van der Waals surface area contributed by atoms with Crippen LogP contribution in [-0.2, 0) is 28.7 Å². The van der Waals surface area contributed by atoms with E-state index >= 15 is 0 Å². The van der Waals surface area contributed by atoms with E-state index < -0.39 is 76.6 Å². The number of ether oxygens (including phenoxy) is 1. The molecule has 0 aromatic heterocycles. The maximum Gasteiger partial charge on any atom is 0.329 e. The van der Waals surface area contributed by atoms with E-state index in [1.54, 1.807) is 48.5 Å². The quantitative estimate of drug-likeness (QED) is 0.179. The minimum atomic E-state index is -1.11. The molecule has 5 unspecified atom stereocenters. The highest BCUT2D eigenvalue weighted by molar-refractivity contribution is 6.37. The summed E-state index contributed by atoms with van der Waals surface area (Å²) in [4.78, 5) is 81.1. The second-order valence-corrected chi connectivity index (χ2v) is 16.3. The number of nitrogens with two attached hydrogens (primary N) is 1. The Labute approximate surface area is 291 Å². The molecule has 1 heterocycles. The molecule has 1 aromatic carbocycles. The molecule has 272 valence electrons. The van der Waals surface area contributed by atoms with Gasteiger partial charge < -0.3 is 31.3 Å². The van der Waals surface area contributed by atoms with Gasteiger partial charge in [-0.2, -0.15) is 0 Å². The van der Waals surface area contributed by atoms with E-state index in [0.29, 0.717) is 12.8 Å². The molecule has 12 heteroatoms. The molecule has 3 rings (SSSR count). The van der Waals surface area contributed by atoms with Gasteiger partial charge in [0.2, 0.25) is 17.6 Å².